The molecule has 1 aliphatic rings. The number of nitrogens with one attached hydrogen (secondary N) is 2. The summed E-state index contributed by atoms with van der Waals surface area (Å²) in [4.78, 5) is 9.30. The topological polar surface area (TPSA) is 49.8 Å². The van der Waals surface area contributed by atoms with Crippen molar-refractivity contribution < 1.29 is 0 Å². The predicted octanol–water partition coefficient (Wildman–Crippen LogP) is 4.21. The van der Waals surface area contributed by atoms with Gasteiger partial charge in [-0.05, 0) is 47.8 Å². The third-order valence-corrected chi connectivity index (χ3v) is 4.16. The monoisotopic (exact) mass is 332 g/mol. The molecule has 0 bridgehead atoms. The molecule has 0 atom stereocenters. The van der Waals surface area contributed by atoms with E-state index < -0.39 is 0 Å². The zero-order valence-corrected chi connectivity index (χ0v) is 13.2. The molecule has 1 aromatic carbocycles. The van der Waals surface area contributed by atoms with E-state index in [0.717, 1.165) is 33.2 Å². The lowest BCUT2D eigenvalue weighted by Crippen LogP contribution is -2.07. The van der Waals surface area contributed by atoms with E-state index in [4.69, 9.17) is 4.98 Å². The van der Waals surface area contributed by atoms with Crippen LogP contribution in [-0.2, 0) is 0 Å². The Balaban J connectivity index is 1.99. The fourth-order valence-corrected chi connectivity index (χ4v) is 2.50. The summed E-state index contributed by atoms with van der Waals surface area (Å²) in [5, 5.41) is 6.56. The Morgan fingerprint density at radius 1 is 1.15 bits per heavy atom. The lowest BCUT2D eigenvalue weighted by Gasteiger charge is -2.14. The number of benzene rings is 1. The SMILES string of the molecule is CNc1nc(C2CC2)nc(Nc2ccccc2Br)c1C. The van der Waals surface area contributed by atoms with Crippen LogP contribution < -0.4 is 10.6 Å². The van der Waals surface area contributed by atoms with Gasteiger partial charge in [-0.3, -0.25) is 0 Å². The zero-order valence-electron chi connectivity index (χ0n) is 11.6. The Morgan fingerprint density at radius 2 is 1.85 bits per heavy atom. The first-order valence-corrected chi connectivity index (χ1v) is 7.56. The summed E-state index contributed by atoms with van der Waals surface area (Å²) < 4.78 is 1.02. The number of hydrogen-bond acceptors (Lipinski definition) is 4. The molecule has 1 aromatic heterocycles. The van der Waals surface area contributed by atoms with Crippen molar-refractivity contribution in [3.63, 3.8) is 0 Å². The van der Waals surface area contributed by atoms with Crippen molar-refractivity contribution in [1.29, 1.82) is 0 Å². The smallest absolute Gasteiger partial charge is 0.139 e. The van der Waals surface area contributed by atoms with Crippen molar-refractivity contribution >= 4 is 33.3 Å². The maximum atomic E-state index is 4.70. The molecule has 0 radical (unpaired) electrons. The number of hydrogen-bond donors (Lipinski definition) is 2. The van der Waals surface area contributed by atoms with Crippen LogP contribution in [0.4, 0.5) is 17.3 Å². The largest absolute Gasteiger partial charge is 0.373 e. The van der Waals surface area contributed by atoms with E-state index in [0.29, 0.717) is 5.92 Å². The molecule has 3 rings (SSSR count). The Bertz CT molecular complexity index is 638. The molecule has 1 fully saturated rings. The molecule has 0 spiro atoms. The number of halogens is 1. The summed E-state index contributed by atoms with van der Waals surface area (Å²) in [6.07, 6.45) is 2.39. The van der Waals surface area contributed by atoms with Gasteiger partial charge in [0.05, 0.1) is 5.69 Å². The Hall–Kier alpha value is -1.62. The second kappa shape index (κ2) is 5.40. The second-order valence-corrected chi connectivity index (χ2v) is 5.89. The van der Waals surface area contributed by atoms with Gasteiger partial charge in [0, 0.05) is 23.0 Å². The van der Waals surface area contributed by atoms with Crippen LogP contribution in [-0.4, -0.2) is 17.0 Å². The Morgan fingerprint density at radius 3 is 2.50 bits per heavy atom. The minimum atomic E-state index is 0.530. The van der Waals surface area contributed by atoms with Gasteiger partial charge in [-0.2, -0.15) is 0 Å². The summed E-state index contributed by atoms with van der Waals surface area (Å²) in [5.41, 5.74) is 2.05. The number of rotatable bonds is 4. The molecule has 0 aliphatic heterocycles. The standard InChI is InChI=1S/C15H17BrN4/c1-9-13(17-2)19-15(10-7-8-10)20-14(9)18-12-6-4-3-5-11(12)16/h3-6,10H,7-8H2,1-2H3,(H2,17,18,19,20). The Kier molecular flexibility index (Phi) is 3.61. The average molecular weight is 333 g/mol. The van der Waals surface area contributed by atoms with Crippen molar-refractivity contribution in [3.8, 4) is 0 Å². The van der Waals surface area contributed by atoms with Gasteiger partial charge in [0.25, 0.3) is 0 Å². The molecule has 20 heavy (non-hydrogen) atoms. The van der Waals surface area contributed by atoms with Crippen LogP contribution in [0.5, 0.6) is 0 Å². The predicted molar refractivity (Wildman–Crippen MR) is 85.7 cm³/mol. The van der Waals surface area contributed by atoms with Crippen molar-refractivity contribution in [1.82, 2.24) is 9.97 Å². The molecule has 4 nitrogen and oxygen atoms in total. The first kappa shape index (κ1) is 13.4. The molecular formula is C15H17BrN4. The normalized spacial score (nSPS) is 14.2. The fourth-order valence-electron chi connectivity index (χ4n) is 2.11. The summed E-state index contributed by atoms with van der Waals surface area (Å²) in [5.74, 6) is 3.24. The fraction of sp³-hybridized carbons (Fsp3) is 0.333. The van der Waals surface area contributed by atoms with E-state index in [-0.39, 0.29) is 0 Å². The van der Waals surface area contributed by atoms with E-state index in [1.54, 1.807) is 0 Å². The third kappa shape index (κ3) is 2.63. The van der Waals surface area contributed by atoms with E-state index >= 15 is 0 Å². The maximum Gasteiger partial charge on any atom is 0.139 e. The molecule has 0 unspecified atom stereocenters. The first-order chi connectivity index (χ1) is 9.69. The van der Waals surface area contributed by atoms with Gasteiger partial charge < -0.3 is 10.6 Å². The summed E-state index contributed by atoms with van der Waals surface area (Å²) in [6, 6.07) is 8.04. The van der Waals surface area contributed by atoms with Gasteiger partial charge >= 0.3 is 0 Å². The molecule has 2 aromatic rings. The molecular weight excluding hydrogens is 316 g/mol. The van der Waals surface area contributed by atoms with Gasteiger partial charge in [-0.1, -0.05) is 12.1 Å². The zero-order chi connectivity index (χ0) is 14.1. The molecule has 104 valence electrons. The highest BCUT2D eigenvalue weighted by Crippen LogP contribution is 2.40. The maximum absolute atomic E-state index is 4.70. The van der Waals surface area contributed by atoms with Crippen molar-refractivity contribution in [3.05, 3.63) is 40.1 Å². The van der Waals surface area contributed by atoms with Gasteiger partial charge in [0.15, 0.2) is 0 Å². The van der Waals surface area contributed by atoms with Gasteiger partial charge in [-0.25, -0.2) is 9.97 Å². The number of aromatic nitrogens is 2. The minimum absolute atomic E-state index is 0.530. The summed E-state index contributed by atoms with van der Waals surface area (Å²) >= 11 is 3.55. The average Bonchev–Trinajstić information content (AvgIpc) is 3.28. The highest BCUT2D eigenvalue weighted by atomic mass is 79.9. The van der Waals surface area contributed by atoms with Crippen LogP contribution in [0.3, 0.4) is 0 Å². The van der Waals surface area contributed by atoms with E-state index in [9.17, 15) is 0 Å². The van der Waals surface area contributed by atoms with E-state index in [2.05, 4.69) is 31.5 Å². The minimum Gasteiger partial charge on any atom is -0.373 e. The van der Waals surface area contributed by atoms with Crippen LogP contribution in [0, 0.1) is 6.92 Å². The molecule has 5 heteroatoms. The molecule has 0 amide bonds. The number of para-hydroxylation sites is 1. The van der Waals surface area contributed by atoms with Crippen LogP contribution in [0.25, 0.3) is 0 Å². The van der Waals surface area contributed by atoms with Crippen LogP contribution in [0.2, 0.25) is 0 Å². The molecule has 1 heterocycles. The number of anilines is 3. The highest BCUT2D eigenvalue weighted by molar-refractivity contribution is 9.10. The molecule has 1 saturated carbocycles. The molecule has 0 saturated heterocycles. The van der Waals surface area contributed by atoms with Gasteiger partial charge in [-0.15, -0.1) is 0 Å². The lowest BCUT2D eigenvalue weighted by molar-refractivity contribution is 0.923. The molecule has 2 N–H and O–H groups in total. The van der Waals surface area contributed by atoms with Crippen LogP contribution in [0.1, 0.15) is 30.1 Å². The summed E-state index contributed by atoms with van der Waals surface area (Å²) in [6.45, 7) is 2.03. The Labute approximate surface area is 127 Å². The second-order valence-electron chi connectivity index (χ2n) is 5.03. The van der Waals surface area contributed by atoms with Crippen molar-refractivity contribution in [2.24, 2.45) is 0 Å². The quantitative estimate of drug-likeness (QED) is 0.880. The number of nitrogens with zero attached hydrogens (tertiary/aromatic N) is 2. The van der Waals surface area contributed by atoms with E-state index in [1.807, 2.05) is 38.2 Å². The third-order valence-electron chi connectivity index (χ3n) is 3.47. The van der Waals surface area contributed by atoms with Crippen LogP contribution >= 0.6 is 15.9 Å². The highest BCUT2D eigenvalue weighted by Gasteiger charge is 2.28. The van der Waals surface area contributed by atoms with Crippen LogP contribution in [0.15, 0.2) is 28.7 Å². The first-order valence-electron chi connectivity index (χ1n) is 6.77. The van der Waals surface area contributed by atoms with Crippen molar-refractivity contribution in [2.75, 3.05) is 17.7 Å². The van der Waals surface area contributed by atoms with Gasteiger partial charge in [0.2, 0.25) is 0 Å². The van der Waals surface area contributed by atoms with Gasteiger partial charge in [0.1, 0.15) is 17.5 Å². The molecule has 1 aliphatic carbocycles. The lowest BCUT2D eigenvalue weighted by atomic mass is 10.2. The van der Waals surface area contributed by atoms with Crippen molar-refractivity contribution in [2.45, 2.75) is 25.7 Å². The summed E-state index contributed by atoms with van der Waals surface area (Å²) in [7, 11) is 1.90. The van der Waals surface area contributed by atoms with E-state index in [1.165, 1.54) is 12.8 Å².